The van der Waals surface area contributed by atoms with Crippen molar-refractivity contribution in [3.63, 3.8) is 0 Å². The highest BCUT2D eigenvalue weighted by atomic mass is 32.2. The smallest absolute Gasteiger partial charge is 0.216 e. The molecule has 0 aliphatic carbocycles. The molecule has 2 N–H and O–H groups in total. The Morgan fingerprint density at radius 2 is 2.11 bits per heavy atom. The minimum atomic E-state index is -3.43. The monoisotopic (exact) mass is 290 g/mol. The maximum Gasteiger partial charge on any atom is 0.216 e. The largest absolute Gasteiger partial charge is 0.315 e. The normalized spacial score (nSPS) is 20.4. The summed E-state index contributed by atoms with van der Waals surface area (Å²) in [4.78, 5) is 0. The zero-order chi connectivity index (χ0) is 13.9. The highest BCUT2D eigenvalue weighted by Crippen LogP contribution is 2.12. The second kappa shape index (κ2) is 5.94. The van der Waals surface area contributed by atoms with Crippen molar-refractivity contribution in [1.29, 1.82) is 0 Å². The molecule has 0 saturated carbocycles. The summed E-state index contributed by atoms with van der Waals surface area (Å²) in [6.45, 7) is 1.22. The van der Waals surface area contributed by atoms with Gasteiger partial charge in [-0.1, -0.05) is 6.07 Å². The van der Waals surface area contributed by atoms with Gasteiger partial charge in [-0.3, -0.25) is 0 Å². The molecule has 2 rings (SSSR count). The predicted octanol–water partition coefficient (Wildman–Crippen LogP) is 1.14. The van der Waals surface area contributed by atoms with Crippen LogP contribution in [-0.2, 0) is 16.6 Å². The summed E-state index contributed by atoms with van der Waals surface area (Å²) >= 11 is 0. The molecule has 1 aromatic rings. The van der Waals surface area contributed by atoms with E-state index in [-0.39, 0.29) is 6.54 Å². The van der Waals surface area contributed by atoms with E-state index < -0.39 is 26.9 Å². The third-order valence-corrected chi connectivity index (χ3v) is 4.98. The molecule has 1 fully saturated rings. The molecular formula is C12H16F2N2O2S. The molecule has 1 heterocycles. The molecule has 19 heavy (non-hydrogen) atoms. The fraction of sp³-hybridized carbons (Fsp3) is 0.500. The first-order valence-corrected chi connectivity index (χ1v) is 7.67. The van der Waals surface area contributed by atoms with Gasteiger partial charge in [0.1, 0.15) is 0 Å². The van der Waals surface area contributed by atoms with Crippen LogP contribution in [0, 0.1) is 11.6 Å². The topological polar surface area (TPSA) is 58.2 Å². The standard InChI is InChI=1S/C12H16F2N2O2S/c13-11-4-3-9(6-12(11)14)7-16-19(17,18)10-2-1-5-15-8-10/h3-4,6,10,15-16H,1-2,5,7-8H2. The quantitative estimate of drug-likeness (QED) is 0.874. The number of rotatable bonds is 4. The number of hydrogen-bond donors (Lipinski definition) is 2. The molecule has 1 atom stereocenters. The molecule has 0 amide bonds. The molecule has 106 valence electrons. The first kappa shape index (κ1) is 14.4. The highest BCUT2D eigenvalue weighted by Gasteiger charge is 2.26. The van der Waals surface area contributed by atoms with Crippen molar-refractivity contribution in [2.45, 2.75) is 24.6 Å². The number of piperidine rings is 1. The van der Waals surface area contributed by atoms with Gasteiger partial charge in [-0.2, -0.15) is 0 Å². The van der Waals surface area contributed by atoms with E-state index in [4.69, 9.17) is 0 Å². The first-order chi connectivity index (χ1) is 8.99. The number of benzene rings is 1. The van der Waals surface area contributed by atoms with E-state index in [0.717, 1.165) is 25.1 Å². The van der Waals surface area contributed by atoms with E-state index in [2.05, 4.69) is 10.0 Å². The third-order valence-electron chi connectivity index (χ3n) is 3.15. The SMILES string of the molecule is O=S(=O)(NCc1ccc(F)c(F)c1)C1CCCNC1. The summed E-state index contributed by atoms with van der Waals surface area (Å²) in [5, 5.41) is 2.56. The Morgan fingerprint density at radius 1 is 1.32 bits per heavy atom. The summed E-state index contributed by atoms with van der Waals surface area (Å²) < 4.78 is 52.2. The van der Waals surface area contributed by atoms with Crippen LogP contribution in [0.2, 0.25) is 0 Å². The Labute approximate surface area is 111 Å². The van der Waals surface area contributed by atoms with E-state index in [1.54, 1.807) is 0 Å². The third kappa shape index (κ3) is 3.71. The van der Waals surface area contributed by atoms with Crippen molar-refractivity contribution < 1.29 is 17.2 Å². The van der Waals surface area contributed by atoms with Gasteiger partial charge in [0, 0.05) is 13.1 Å². The number of sulfonamides is 1. The van der Waals surface area contributed by atoms with Crippen LogP contribution in [0.3, 0.4) is 0 Å². The van der Waals surface area contributed by atoms with Crippen LogP contribution in [0.25, 0.3) is 0 Å². The molecule has 1 unspecified atom stereocenters. The van der Waals surface area contributed by atoms with Crippen LogP contribution in [0.5, 0.6) is 0 Å². The van der Waals surface area contributed by atoms with Gasteiger partial charge in [-0.25, -0.2) is 21.9 Å². The van der Waals surface area contributed by atoms with Crippen LogP contribution >= 0.6 is 0 Å². The summed E-state index contributed by atoms with van der Waals surface area (Å²) in [5.74, 6) is -1.92. The molecule has 0 aromatic heterocycles. The minimum absolute atomic E-state index is 0.0317. The van der Waals surface area contributed by atoms with Gasteiger partial charge in [0.25, 0.3) is 0 Å². The second-order valence-corrected chi connectivity index (χ2v) is 6.63. The van der Waals surface area contributed by atoms with Crippen molar-refractivity contribution in [1.82, 2.24) is 10.0 Å². The number of halogens is 2. The Balaban J connectivity index is 1.98. The fourth-order valence-corrected chi connectivity index (χ4v) is 3.45. The second-order valence-electron chi connectivity index (χ2n) is 4.58. The molecule has 1 saturated heterocycles. The van der Waals surface area contributed by atoms with Crippen LogP contribution in [0.4, 0.5) is 8.78 Å². The molecule has 0 spiro atoms. The van der Waals surface area contributed by atoms with E-state index in [1.807, 2.05) is 0 Å². The van der Waals surface area contributed by atoms with Crippen molar-refractivity contribution in [3.8, 4) is 0 Å². The van der Waals surface area contributed by atoms with E-state index >= 15 is 0 Å². The summed E-state index contributed by atoms with van der Waals surface area (Å²) in [5.41, 5.74) is 0.395. The van der Waals surface area contributed by atoms with Gasteiger partial charge < -0.3 is 5.32 Å². The number of nitrogens with one attached hydrogen (secondary N) is 2. The van der Waals surface area contributed by atoms with E-state index in [0.29, 0.717) is 18.5 Å². The van der Waals surface area contributed by atoms with Gasteiger partial charge in [-0.15, -0.1) is 0 Å². The van der Waals surface area contributed by atoms with Crippen LogP contribution < -0.4 is 10.0 Å². The van der Waals surface area contributed by atoms with Gasteiger partial charge in [0.05, 0.1) is 5.25 Å². The van der Waals surface area contributed by atoms with Crippen LogP contribution in [-0.4, -0.2) is 26.8 Å². The van der Waals surface area contributed by atoms with Crippen molar-refractivity contribution in [3.05, 3.63) is 35.4 Å². The lowest BCUT2D eigenvalue weighted by Crippen LogP contribution is -2.44. The lowest BCUT2D eigenvalue weighted by molar-refractivity contribution is 0.489. The molecule has 7 heteroatoms. The maximum absolute atomic E-state index is 13.0. The molecule has 1 aliphatic heterocycles. The summed E-state index contributed by atoms with van der Waals surface area (Å²) in [6.07, 6.45) is 1.43. The van der Waals surface area contributed by atoms with E-state index in [9.17, 15) is 17.2 Å². The minimum Gasteiger partial charge on any atom is -0.315 e. The Morgan fingerprint density at radius 3 is 2.74 bits per heavy atom. The Kier molecular flexibility index (Phi) is 4.49. The fourth-order valence-electron chi connectivity index (χ4n) is 2.04. The zero-order valence-corrected chi connectivity index (χ0v) is 11.1. The summed E-state index contributed by atoms with van der Waals surface area (Å²) in [7, 11) is -3.43. The zero-order valence-electron chi connectivity index (χ0n) is 10.3. The first-order valence-electron chi connectivity index (χ1n) is 6.12. The molecular weight excluding hydrogens is 274 g/mol. The van der Waals surface area contributed by atoms with Gasteiger partial charge >= 0.3 is 0 Å². The van der Waals surface area contributed by atoms with Crippen molar-refractivity contribution >= 4 is 10.0 Å². The molecule has 1 aliphatic rings. The Hall–Kier alpha value is -1.05. The molecule has 4 nitrogen and oxygen atoms in total. The maximum atomic E-state index is 13.0. The van der Waals surface area contributed by atoms with Gasteiger partial charge in [-0.05, 0) is 37.1 Å². The molecule has 1 aromatic carbocycles. The number of hydrogen-bond acceptors (Lipinski definition) is 3. The summed E-state index contributed by atoms with van der Waals surface area (Å²) in [6, 6.07) is 3.35. The predicted molar refractivity (Wildman–Crippen MR) is 68.0 cm³/mol. The van der Waals surface area contributed by atoms with Crippen molar-refractivity contribution in [2.24, 2.45) is 0 Å². The molecule has 0 bridgehead atoms. The molecule has 0 radical (unpaired) electrons. The highest BCUT2D eigenvalue weighted by molar-refractivity contribution is 7.90. The van der Waals surface area contributed by atoms with Crippen LogP contribution in [0.15, 0.2) is 18.2 Å². The van der Waals surface area contributed by atoms with E-state index in [1.165, 1.54) is 6.07 Å². The van der Waals surface area contributed by atoms with Gasteiger partial charge in [0.2, 0.25) is 10.0 Å². The van der Waals surface area contributed by atoms with Gasteiger partial charge in [0.15, 0.2) is 11.6 Å². The van der Waals surface area contributed by atoms with Crippen LogP contribution in [0.1, 0.15) is 18.4 Å². The van der Waals surface area contributed by atoms with Crippen molar-refractivity contribution in [2.75, 3.05) is 13.1 Å². The lowest BCUT2D eigenvalue weighted by Gasteiger charge is -2.23. The lowest BCUT2D eigenvalue weighted by atomic mass is 10.2. The average molecular weight is 290 g/mol. The average Bonchev–Trinajstić information content (AvgIpc) is 2.41. The Bertz CT molecular complexity index is 543.